The van der Waals surface area contributed by atoms with Gasteiger partial charge in [-0.25, -0.2) is 4.98 Å². The van der Waals surface area contributed by atoms with Gasteiger partial charge in [0.05, 0.1) is 5.57 Å². The molecule has 19 heavy (non-hydrogen) atoms. The Morgan fingerprint density at radius 1 is 1.58 bits per heavy atom. The summed E-state index contributed by atoms with van der Waals surface area (Å²) < 4.78 is 5.79. The van der Waals surface area contributed by atoms with Gasteiger partial charge in [-0.15, -0.1) is 11.3 Å². The van der Waals surface area contributed by atoms with Crippen LogP contribution < -0.4 is 0 Å². The average molecular weight is 270 g/mol. The molecule has 0 aromatic carbocycles. The predicted molar refractivity (Wildman–Crippen MR) is 75.6 cm³/mol. The van der Waals surface area contributed by atoms with Gasteiger partial charge in [0.1, 0.15) is 22.6 Å². The van der Waals surface area contributed by atoms with Crippen LogP contribution in [0.5, 0.6) is 0 Å². The summed E-state index contributed by atoms with van der Waals surface area (Å²) in [5.41, 5.74) is 1.50. The Labute approximate surface area is 116 Å². The van der Waals surface area contributed by atoms with Gasteiger partial charge in [0.25, 0.3) is 0 Å². The standard InChI is InChI=1S/C15H14N2OS/c1-9-5-13(9)14-4-3-12(18-14)6-11(7-16)15-17-10(2)8-19-15/h3-4,6,8-9,13H,5H2,1-2H3. The molecule has 2 aromatic heterocycles. The number of hydrogen-bond donors (Lipinski definition) is 0. The molecule has 0 radical (unpaired) electrons. The first-order valence-corrected chi connectivity index (χ1v) is 7.19. The topological polar surface area (TPSA) is 49.8 Å². The highest BCUT2D eigenvalue weighted by molar-refractivity contribution is 7.11. The second-order valence-corrected chi connectivity index (χ2v) is 5.88. The van der Waals surface area contributed by atoms with E-state index in [1.807, 2.05) is 24.4 Å². The highest BCUT2D eigenvalue weighted by atomic mass is 32.1. The van der Waals surface area contributed by atoms with Crippen LogP contribution in [0.15, 0.2) is 21.9 Å². The number of rotatable bonds is 3. The minimum absolute atomic E-state index is 0.558. The molecule has 0 amide bonds. The quantitative estimate of drug-likeness (QED) is 0.784. The third-order valence-electron chi connectivity index (χ3n) is 3.38. The van der Waals surface area contributed by atoms with Crippen molar-refractivity contribution in [2.24, 2.45) is 5.92 Å². The minimum Gasteiger partial charge on any atom is -0.461 e. The molecule has 0 bridgehead atoms. The van der Waals surface area contributed by atoms with E-state index in [1.165, 1.54) is 17.8 Å². The van der Waals surface area contributed by atoms with Crippen LogP contribution in [0.2, 0.25) is 0 Å². The zero-order valence-electron chi connectivity index (χ0n) is 10.9. The van der Waals surface area contributed by atoms with Crippen molar-refractivity contribution in [1.82, 2.24) is 4.98 Å². The Kier molecular flexibility index (Phi) is 3.00. The molecule has 4 heteroatoms. The number of thiazole rings is 1. The Morgan fingerprint density at radius 3 is 2.95 bits per heavy atom. The molecule has 0 saturated heterocycles. The van der Waals surface area contributed by atoms with Gasteiger partial charge in [0.2, 0.25) is 0 Å². The molecule has 1 aliphatic carbocycles. The first-order valence-electron chi connectivity index (χ1n) is 6.31. The molecular weight excluding hydrogens is 256 g/mol. The van der Waals surface area contributed by atoms with Crippen molar-refractivity contribution in [1.29, 1.82) is 5.26 Å². The van der Waals surface area contributed by atoms with Crippen LogP contribution in [0, 0.1) is 24.2 Å². The molecule has 1 aliphatic rings. The summed E-state index contributed by atoms with van der Waals surface area (Å²) in [4.78, 5) is 4.33. The third-order valence-corrected chi connectivity index (χ3v) is 4.37. The van der Waals surface area contributed by atoms with Crippen LogP contribution >= 0.6 is 11.3 Å². The van der Waals surface area contributed by atoms with Gasteiger partial charge < -0.3 is 4.42 Å². The minimum atomic E-state index is 0.558. The maximum absolute atomic E-state index is 9.23. The summed E-state index contributed by atoms with van der Waals surface area (Å²) in [5, 5.41) is 11.9. The fourth-order valence-corrected chi connectivity index (χ4v) is 2.89. The van der Waals surface area contributed by atoms with E-state index in [4.69, 9.17) is 4.42 Å². The van der Waals surface area contributed by atoms with Gasteiger partial charge in [0, 0.05) is 23.1 Å². The average Bonchev–Trinajstić information content (AvgIpc) is 2.82. The van der Waals surface area contributed by atoms with Gasteiger partial charge in [-0.2, -0.15) is 5.26 Å². The fraction of sp³-hybridized carbons (Fsp3) is 0.333. The van der Waals surface area contributed by atoms with E-state index in [9.17, 15) is 5.26 Å². The first kappa shape index (κ1) is 12.2. The number of aryl methyl sites for hydroxylation is 1. The molecule has 3 nitrogen and oxygen atoms in total. The van der Waals surface area contributed by atoms with Gasteiger partial charge >= 0.3 is 0 Å². The smallest absolute Gasteiger partial charge is 0.134 e. The maximum atomic E-state index is 9.23. The second-order valence-electron chi connectivity index (χ2n) is 5.02. The molecule has 96 valence electrons. The molecule has 0 aliphatic heterocycles. The lowest BCUT2D eigenvalue weighted by molar-refractivity contribution is 0.498. The van der Waals surface area contributed by atoms with Crippen LogP contribution in [0.3, 0.4) is 0 Å². The summed E-state index contributed by atoms with van der Waals surface area (Å²) in [6.07, 6.45) is 2.97. The number of aromatic nitrogens is 1. The maximum Gasteiger partial charge on any atom is 0.134 e. The highest BCUT2D eigenvalue weighted by Crippen LogP contribution is 2.47. The van der Waals surface area contributed by atoms with Crippen LogP contribution in [0.25, 0.3) is 11.6 Å². The van der Waals surface area contributed by atoms with E-state index in [0.717, 1.165) is 28.1 Å². The lowest BCUT2D eigenvalue weighted by atomic mass is 10.2. The molecule has 2 atom stereocenters. The first-order chi connectivity index (χ1) is 9.17. The fourth-order valence-electron chi connectivity index (χ4n) is 2.13. The van der Waals surface area contributed by atoms with Crippen molar-refractivity contribution in [3.63, 3.8) is 0 Å². The van der Waals surface area contributed by atoms with Gasteiger partial charge in [-0.05, 0) is 31.4 Å². The molecule has 3 rings (SSSR count). The van der Waals surface area contributed by atoms with Gasteiger partial charge in [0.15, 0.2) is 0 Å². The summed E-state index contributed by atoms with van der Waals surface area (Å²) in [6, 6.07) is 6.14. The summed E-state index contributed by atoms with van der Waals surface area (Å²) in [7, 11) is 0. The SMILES string of the molecule is Cc1csc(C(C#N)=Cc2ccc(C3CC3C)o2)n1. The van der Waals surface area contributed by atoms with Crippen LogP contribution in [-0.4, -0.2) is 4.98 Å². The van der Waals surface area contributed by atoms with Crippen molar-refractivity contribution in [3.05, 3.63) is 39.7 Å². The largest absolute Gasteiger partial charge is 0.461 e. The zero-order valence-corrected chi connectivity index (χ0v) is 11.7. The molecule has 0 spiro atoms. The lowest BCUT2D eigenvalue weighted by Gasteiger charge is -1.93. The number of furan rings is 1. The van der Waals surface area contributed by atoms with Gasteiger partial charge in [-0.3, -0.25) is 0 Å². The summed E-state index contributed by atoms with van der Waals surface area (Å²) in [6.45, 7) is 4.15. The van der Waals surface area contributed by atoms with E-state index >= 15 is 0 Å². The number of allylic oxidation sites excluding steroid dienone is 1. The molecule has 2 heterocycles. The lowest BCUT2D eigenvalue weighted by Crippen LogP contribution is -1.80. The normalized spacial score (nSPS) is 22.3. The Morgan fingerprint density at radius 2 is 2.37 bits per heavy atom. The molecular formula is C15H14N2OS. The Hall–Kier alpha value is -1.86. The second kappa shape index (κ2) is 4.67. The van der Waals surface area contributed by atoms with E-state index in [2.05, 4.69) is 18.0 Å². The van der Waals surface area contributed by atoms with Crippen LogP contribution in [0.4, 0.5) is 0 Å². The predicted octanol–water partition coefficient (Wildman–Crippen LogP) is 4.23. The van der Waals surface area contributed by atoms with E-state index < -0.39 is 0 Å². The van der Waals surface area contributed by atoms with E-state index in [-0.39, 0.29) is 0 Å². The third kappa shape index (κ3) is 2.47. The van der Waals surface area contributed by atoms with Crippen molar-refractivity contribution < 1.29 is 4.42 Å². The number of nitriles is 1. The summed E-state index contributed by atoms with van der Waals surface area (Å²) in [5.74, 6) is 3.06. The van der Waals surface area contributed by atoms with Crippen molar-refractivity contribution >= 4 is 23.0 Å². The van der Waals surface area contributed by atoms with Crippen LogP contribution in [-0.2, 0) is 0 Å². The van der Waals surface area contributed by atoms with Gasteiger partial charge in [-0.1, -0.05) is 6.92 Å². The molecule has 0 N–H and O–H groups in total. The Bertz CT molecular complexity index is 674. The van der Waals surface area contributed by atoms with E-state index in [1.54, 1.807) is 6.08 Å². The number of hydrogen-bond acceptors (Lipinski definition) is 4. The highest BCUT2D eigenvalue weighted by Gasteiger charge is 2.36. The Balaban J connectivity index is 1.87. The van der Waals surface area contributed by atoms with Crippen LogP contribution in [0.1, 0.15) is 41.5 Å². The number of nitrogens with zero attached hydrogens (tertiary/aromatic N) is 2. The van der Waals surface area contributed by atoms with E-state index in [0.29, 0.717) is 11.5 Å². The van der Waals surface area contributed by atoms with Crippen molar-refractivity contribution in [2.45, 2.75) is 26.2 Å². The molecule has 2 aromatic rings. The zero-order chi connectivity index (χ0) is 13.4. The van der Waals surface area contributed by atoms with Crippen molar-refractivity contribution in [3.8, 4) is 6.07 Å². The molecule has 1 saturated carbocycles. The molecule has 1 fully saturated rings. The summed E-state index contributed by atoms with van der Waals surface area (Å²) >= 11 is 1.48. The molecule has 2 unspecified atom stereocenters. The monoisotopic (exact) mass is 270 g/mol. The van der Waals surface area contributed by atoms with Crippen molar-refractivity contribution in [2.75, 3.05) is 0 Å².